The van der Waals surface area contributed by atoms with E-state index < -0.39 is 0 Å². The summed E-state index contributed by atoms with van der Waals surface area (Å²) in [5.41, 5.74) is 0.904. The second-order valence-electron chi connectivity index (χ2n) is 10.4. The summed E-state index contributed by atoms with van der Waals surface area (Å²) in [7, 11) is 0. The molecule has 1 unspecified atom stereocenters. The Hall–Kier alpha value is -2.81. The number of hydrogen-bond acceptors (Lipinski definition) is 5. The number of fused-ring (bicyclic) bond motifs is 1. The Morgan fingerprint density at radius 3 is 2.69 bits per heavy atom. The van der Waals surface area contributed by atoms with E-state index in [-0.39, 0.29) is 23.0 Å². The number of aromatic hydroxyl groups is 1. The molecule has 2 aliphatic heterocycles. The van der Waals surface area contributed by atoms with Crippen LogP contribution in [-0.4, -0.2) is 62.7 Å². The van der Waals surface area contributed by atoms with Crippen LogP contribution >= 0.6 is 15.9 Å². The number of amides is 2. The number of benzene rings is 1. The molecule has 1 spiro atoms. The van der Waals surface area contributed by atoms with Crippen molar-refractivity contribution in [2.45, 2.75) is 44.6 Å². The molecule has 4 heterocycles. The van der Waals surface area contributed by atoms with Crippen molar-refractivity contribution < 1.29 is 19.1 Å². The third-order valence-corrected chi connectivity index (χ3v) is 8.82. The molecule has 6 rings (SSSR count). The van der Waals surface area contributed by atoms with E-state index in [4.69, 9.17) is 4.42 Å². The average molecular weight is 541 g/mol. The molecule has 1 saturated carbocycles. The normalized spacial score (nSPS) is 22.1. The van der Waals surface area contributed by atoms with Crippen LogP contribution in [0.1, 0.15) is 54.9 Å². The number of piperidine rings is 1. The van der Waals surface area contributed by atoms with Gasteiger partial charge in [-0.25, -0.2) is 0 Å². The van der Waals surface area contributed by atoms with Gasteiger partial charge in [0.2, 0.25) is 5.91 Å². The topological polar surface area (TPSA) is 91.8 Å². The summed E-state index contributed by atoms with van der Waals surface area (Å²) in [6.45, 7) is 2.84. The lowest BCUT2D eigenvalue weighted by molar-refractivity contribution is -0.135. The molecule has 1 aromatic carbocycles. The summed E-state index contributed by atoms with van der Waals surface area (Å²) in [6.07, 6.45) is 10.9. The number of phenolic OH excluding ortho intramolecular Hbond substituents is 1. The van der Waals surface area contributed by atoms with Gasteiger partial charge in [0, 0.05) is 44.2 Å². The zero-order valence-corrected chi connectivity index (χ0v) is 21.1. The van der Waals surface area contributed by atoms with E-state index in [2.05, 4.69) is 21.0 Å². The molecule has 1 atom stereocenters. The Labute approximate surface area is 212 Å². The first-order valence-electron chi connectivity index (χ1n) is 12.4. The molecule has 1 N–H and O–H groups in total. The lowest BCUT2D eigenvalue weighted by Crippen LogP contribution is -2.60. The molecule has 9 heteroatoms. The summed E-state index contributed by atoms with van der Waals surface area (Å²) >= 11 is 3.45. The van der Waals surface area contributed by atoms with Gasteiger partial charge in [-0.15, -0.1) is 0 Å². The minimum absolute atomic E-state index is 0.0220. The van der Waals surface area contributed by atoms with E-state index in [9.17, 15) is 14.7 Å². The summed E-state index contributed by atoms with van der Waals surface area (Å²) in [6, 6.07) is 5.38. The molecule has 3 aliphatic rings. The number of nitrogens with zero attached hydrogens (tertiary/aromatic N) is 4. The third-order valence-electron chi connectivity index (χ3n) is 8.41. The van der Waals surface area contributed by atoms with Crippen molar-refractivity contribution in [3.8, 4) is 5.75 Å². The number of carbonyl (C=O) groups is 2. The molecule has 3 aromatic rings. The van der Waals surface area contributed by atoms with Gasteiger partial charge in [0.25, 0.3) is 5.91 Å². The number of aromatic nitrogens is 2. The smallest absolute Gasteiger partial charge is 0.257 e. The lowest BCUT2D eigenvalue weighted by Gasteiger charge is -2.52. The molecule has 1 aliphatic carbocycles. The van der Waals surface area contributed by atoms with Crippen LogP contribution in [-0.2, 0) is 4.79 Å². The van der Waals surface area contributed by atoms with E-state index in [1.54, 1.807) is 24.4 Å². The number of rotatable bonds is 4. The van der Waals surface area contributed by atoms with Crippen molar-refractivity contribution in [3.63, 3.8) is 0 Å². The van der Waals surface area contributed by atoms with Gasteiger partial charge in [-0.05, 0) is 65.7 Å². The SMILES string of the molecule is O=C(CC1CCCC12CN(C(=O)c1ccc3occc3c1O)C2)N1CCC(n2cc(Br)cn2)CC1. The number of likely N-dealkylation sites (tertiary alicyclic amines) is 2. The highest BCUT2D eigenvalue weighted by Crippen LogP contribution is 2.52. The van der Waals surface area contributed by atoms with Crippen LogP contribution in [0.3, 0.4) is 0 Å². The summed E-state index contributed by atoms with van der Waals surface area (Å²) in [5, 5.41) is 15.5. The molecule has 0 bridgehead atoms. The Bertz CT molecular complexity index is 1270. The molecule has 3 fully saturated rings. The van der Waals surface area contributed by atoms with Crippen molar-refractivity contribution in [2.24, 2.45) is 11.3 Å². The predicted molar refractivity (Wildman–Crippen MR) is 133 cm³/mol. The molecular weight excluding hydrogens is 512 g/mol. The van der Waals surface area contributed by atoms with Gasteiger partial charge in [-0.1, -0.05) is 6.42 Å². The quantitative estimate of drug-likeness (QED) is 0.522. The number of halogens is 1. The third kappa shape index (κ3) is 3.93. The zero-order valence-electron chi connectivity index (χ0n) is 19.5. The molecule has 184 valence electrons. The van der Waals surface area contributed by atoms with Gasteiger partial charge >= 0.3 is 0 Å². The number of hydrogen-bond donors (Lipinski definition) is 1. The van der Waals surface area contributed by atoms with Crippen LogP contribution in [0, 0.1) is 11.3 Å². The predicted octanol–water partition coefficient (Wildman–Crippen LogP) is 4.59. The monoisotopic (exact) mass is 540 g/mol. The van der Waals surface area contributed by atoms with E-state index in [0.717, 1.165) is 49.7 Å². The Morgan fingerprint density at radius 1 is 1.14 bits per heavy atom. The fourth-order valence-corrected chi connectivity index (χ4v) is 6.71. The van der Waals surface area contributed by atoms with Crippen molar-refractivity contribution in [1.82, 2.24) is 19.6 Å². The highest BCUT2D eigenvalue weighted by Gasteiger charge is 2.53. The summed E-state index contributed by atoms with van der Waals surface area (Å²) < 4.78 is 8.29. The lowest BCUT2D eigenvalue weighted by atomic mass is 9.69. The van der Waals surface area contributed by atoms with Crippen molar-refractivity contribution in [3.05, 3.63) is 46.9 Å². The highest BCUT2D eigenvalue weighted by atomic mass is 79.9. The van der Waals surface area contributed by atoms with Crippen molar-refractivity contribution in [2.75, 3.05) is 26.2 Å². The Kier molecular flexibility index (Phi) is 5.62. The standard InChI is InChI=1S/C26H29BrN4O4/c27-18-13-28-31(14-18)19-5-9-29(10-6-19)23(32)12-17-2-1-8-26(17)15-30(16-26)25(34)21-3-4-22-20(24(21)33)7-11-35-22/h3-4,7,11,13-14,17,19,33H,1-2,5-6,8-10,12,15-16H2. The summed E-state index contributed by atoms with van der Waals surface area (Å²) in [4.78, 5) is 30.1. The van der Waals surface area contributed by atoms with Gasteiger partial charge < -0.3 is 19.3 Å². The molecule has 2 saturated heterocycles. The maximum Gasteiger partial charge on any atom is 0.257 e. The fraction of sp³-hybridized carbons (Fsp3) is 0.500. The van der Waals surface area contributed by atoms with Gasteiger partial charge in [0.15, 0.2) is 0 Å². The van der Waals surface area contributed by atoms with E-state index in [1.165, 1.54) is 6.26 Å². The van der Waals surface area contributed by atoms with E-state index >= 15 is 0 Å². The summed E-state index contributed by atoms with van der Waals surface area (Å²) in [5.74, 6) is 0.375. The maximum atomic E-state index is 13.2. The molecule has 2 aromatic heterocycles. The molecule has 35 heavy (non-hydrogen) atoms. The average Bonchev–Trinajstić information content (AvgIpc) is 3.58. The first-order valence-corrected chi connectivity index (χ1v) is 13.2. The molecule has 0 radical (unpaired) electrons. The van der Waals surface area contributed by atoms with Gasteiger partial charge in [0.1, 0.15) is 11.3 Å². The number of phenols is 1. The largest absolute Gasteiger partial charge is 0.506 e. The van der Waals surface area contributed by atoms with Crippen LogP contribution in [0.2, 0.25) is 0 Å². The van der Waals surface area contributed by atoms with Crippen LogP contribution in [0.15, 0.2) is 45.7 Å². The Morgan fingerprint density at radius 2 is 1.94 bits per heavy atom. The van der Waals surface area contributed by atoms with E-state index in [1.807, 2.05) is 20.7 Å². The van der Waals surface area contributed by atoms with E-state index in [0.29, 0.717) is 48.0 Å². The minimum atomic E-state index is -0.152. The van der Waals surface area contributed by atoms with Crippen LogP contribution < -0.4 is 0 Å². The highest BCUT2D eigenvalue weighted by molar-refractivity contribution is 9.10. The van der Waals surface area contributed by atoms with Crippen LogP contribution in [0.5, 0.6) is 5.75 Å². The molecular formula is C26H29BrN4O4. The van der Waals surface area contributed by atoms with Crippen molar-refractivity contribution >= 4 is 38.7 Å². The number of furan rings is 1. The number of carbonyl (C=O) groups excluding carboxylic acids is 2. The minimum Gasteiger partial charge on any atom is -0.506 e. The first-order chi connectivity index (χ1) is 16.9. The fourth-order valence-electron chi connectivity index (χ4n) is 6.41. The first kappa shape index (κ1) is 22.6. The second kappa shape index (κ2) is 8.69. The van der Waals surface area contributed by atoms with Gasteiger partial charge in [-0.3, -0.25) is 14.3 Å². The molecule has 8 nitrogen and oxygen atoms in total. The maximum absolute atomic E-state index is 13.2. The van der Waals surface area contributed by atoms with Gasteiger partial charge in [-0.2, -0.15) is 5.10 Å². The van der Waals surface area contributed by atoms with Crippen molar-refractivity contribution in [1.29, 1.82) is 0 Å². The van der Waals surface area contributed by atoms with Crippen LogP contribution in [0.4, 0.5) is 0 Å². The van der Waals surface area contributed by atoms with Crippen LogP contribution in [0.25, 0.3) is 11.0 Å². The molecule has 2 amide bonds. The Balaban J connectivity index is 1.06. The zero-order chi connectivity index (χ0) is 24.2. The second-order valence-corrected chi connectivity index (χ2v) is 11.3. The van der Waals surface area contributed by atoms with Gasteiger partial charge in [0.05, 0.1) is 33.9 Å².